The van der Waals surface area contributed by atoms with E-state index in [-0.39, 0.29) is 5.91 Å². The lowest BCUT2D eigenvalue weighted by Crippen LogP contribution is -2.57. The van der Waals surface area contributed by atoms with Gasteiger partial charge in [0.25, 0.3) is 0 Å². The van der Waals surface area contributed by atoms with E-state index in [2.05, 4.69) is 0 Å². The van der Waals surface area contributed by atoms with Crippen LogP contribution in [0.1, 0.15) is 40.5 Å². The maximum Gasteiger partial charge on any atom is 0.230 e. The lowest BCUT2D eigenvalue weighted by Gasteiger charge is -2.42. The molecule has 1 rings (SSSR count). The molecule has 0 spiro atoms. The van der Waals surface area contributed by atoms with E-state index in [1.165, 1.54) is 0 Å². The van der Waals surface area contributed by atoms with Gasteiger partial charge in [0.15, 0.2) is 0 Å². The van der Waals surface area contributed by atoms with Crippen LogP contribution in [0.3, 0.4) is 0 Å². The molecule has 4 heteroatoms. The maximum atomic E-state index is 12.5. The zero-order valence-corrected chi connectivity index (χ0v) is 12.5. The van der Waals surface area contributed by atoms with Crippen LogP contribution in [0, 0.1) is 11.3 Å². The predicted octanol–water partition coefficient (Wildman–Crippen LogP) is 1.63. The molecule has 1 aliphatic heterocycles. The van der Waals surface area contributed by atoms with Crippen molar-refractivity contribution in [1.29, 1.82) is 0 Å². The van der Waals surface area contributed by atoms with Crippen LogP contribution in [0.2, 0.25) is 0 Å². The molecule has 0 aromatic carbocycles. The van der Waals surface area contributed by atoms with E-state index in [0.29, 0.717) is 5.92 Å². The molecule has 0 saturated carbocycles. The fourth-order valence-electron chi connectivity index (χ4n) is 2.21. The molecule has 0 aromatic rings. The number of carbonyl (C=O) groups is 1. The van der Waals surface area contributed by atoms with E-state index in [0.717, 1.165) is 32.5 Å². The number of methoxy groups -OCH3 is 1. The van der Waals surface area contributed by atoms with Crippen LogP contribution in [0.25, 0.3) is 0 Å². The summed E-state index contributed by atoms with van der Waals surface area (Å²) in [6, 6.07) is 0. The Bertz CT molecular complexity index is 287. The summed E-state index contributed by atoms with van der Waals surface area (Å²) in [5.41, 5.74) is 5.10. The summed E-state index contributed by atoms with van der Waals surface area (Å²) in [4.78, 5) is 14.5. The monoisotopic (exact) mass is 256 g/mol. The van der Waals surface area contributed by atoms with Crippen LogP contribution in [0.5, 0.6) is 0 Å². The second-order valence-corrected chi connectivity index (χ2v) is 6.54. The fourth-order valence-corrected chi connectivity index (χ4v) is 2.21. The van der Waals surface area contributed by atoms with Crippen molar-refractivity contribution >= 4 is 5.91 Å². The molecule has 0 unspecified atom stereocenters. The molecule has 4 nitrogen and oxygen atoms in total. The minimum absolute atomic E-state index is 0.172. The average Bonchev–Trinajstić information content (AvgIpc) is 2.28. The number of ether oxygens (including phenoxy) is 1. The molecule has 1 saturated heterocycles. The number of nitrogens with two attached hydrogens (primary N) is 1. The Hall–Kier alpha value is -0.610. The van der Waals surface area contributed by atoms with Crippen LogP contribution in [-0.2, 0) is 9.53 Å². The summed E-state index contributed by atoms with van der Waals surface area (Å²) < 4.78 is 5.18. The summed E-state index contributed by atoms with van der Waals surface area (Å²) in [5.74, 6) is 0.763. The molecule has 1 fully saturated rings. The molecule has 0 bridgehead atoms. The number of hydrogen-bond donors (Lipinski definition) is 1. The highest BCUT2D eigenvalue weighted by Gasteiger charge is 2.43. The van der Waals surface area contributed by atoms with Crippen molar-refractivity contribution in [2.75, 3.05) is 26.8 Å². The van der Waals surface area contributed by atoms with Gasteiger partial charge < -0.3 is 15.4 Å². The fraction of sp³-hybridized carbons (Fsp3) is 0.929. The van der Waals surface area contributed by atoms with Crippen LogP contribution < -0.4 is 5.73 Å². The van der Waals surface area contributed by atoms with Crippen molar-refractivity contribution in [2.24, 2.45) is 17.1 Å². The SMILES string of the molecule is COCC1CCN(C(=O)C(C)(C)C(C)(C)N)CC1. The quantitative estimate of drug-likeness (QED) is 0.832. The van der Waals surface area contributed by atoms with Crippen LogP contribution in [0.15, 0.2) is 0 Å². The molecule has 1 amide bonds. The van der Waals surface area contributed by atoms with E-state index in [9.17, 15) is 4.79 Å². The molecule has 0 atom stereocenters. The number of amides is 1. The Kier molecular flexibility index (Phi) is 4.78. The molecule has 2 N–H and O–H groups in total. The van der Waals surface area contributed by atoms with Crippen LogP contribution in [0.4, 0.5) is 0 Å². The summed E-state index contributed by atoms with van der Waals surface area (Å²) >= 11 is 0. The highest BCUT2D eigenvalue weighted by molar-refractivity contribution is 5.83. The van der Waals surface area contributed by atoms with Crippen molar-refractivity contribution in [3.05, 3.63) is 0 Å². The van der Waals surface area contributed by atoms with Gasteiger partial charge in [0.2, 0.25) is 5.91 Å². The number of likely N-dealkylation sites (tertiary alicyclic amines) is 1. The zero-order valence-electron chi connectivity index (χ0n) is 12.5. The molecule has 1 aliphatic rings. The Morgan fingerprint density at radius 2 is 1.78 bits per heavy atom. The molecule has 106 valence electrons. The second-order valence-electron chi connectivity index (χ2n) is 6.54. The molecular formula is C14H28N2O2. The summed E-state index contributed by atoms with van der Waals surface area (Å²) in [5, 5.41) is 0. The number of piperidine rings is 1. The molecule has 18 heavy (non-hydrogen) atoms. The summed E-state index contributed by atoms with van der Waals surface area (Å²) in [7, 11) is 1.73. The molecule has 0 aromatic heterocycles. The van der Waals surface area contributed by atoms with Gasteiger partial charge in [-0.3, -0.25) is 4.79 Å². The van der Waals surface area contributed by atoms with Gasteiger partial charge >= 0.3 is 0 Å². The van der Waals surface area contributed by atoms with Gasteiger partial charge in [-0.05, 0) is 46.5 Å². The first-order valence-electron chi connectivity index (χ1n) is 6.77. The molecular weight excluding hydrogens is 228 g/mol. The van der Waals surface area contributed by atoms with Gasteiger partial charge in [0, 0.05) is 32.3 Å². The number of nitrogens with zero attached hydrogens (tertiary/aromatic N) is 1. The van der Waals surface area contributed by atoms with Gasteiger partial charge in [-0.15, -0.1) is 0 Å². The largest absolute Gasteiger partial charge is 0.384 e. The third kappa shape index (κ3) is 3.23. The summed E-state index contributed by atoms with van der Waals surface area (Å²) in [6.07, 6.45) is 2.06. The van der Waals surface area contributed by atoms with Gasteiger partial charge in [-0.2, -0.15) is 0 Å². The third-order valence-corrected chi connectivity index (χ3v) is 4.45. The Morgan fingerprint density at radius 3 is 2.17 bits per heavy atom. The highest BCUT2D eigenvalue weighted by Crippen LogP contribution is 2.32. The van der Waals surface area contributed by atoms with Gasteiger partial charge in [-0.25, -0.2) is 0 Å². The van der Waals surface area contributed by atoms with E-state index < -0.39 is 11.0 Å². The number of carbonyl (C=O) groups excluding carboxylic acids is 1. The van der Waals surface area contributed by atoms with Crippen molar-refractivity contribution in [3.8, 4) is 0 Å². The van der Waals surface area contributed by atoms with Crippen molar-refractivity contribution in [1.82, 2.24) is 4.90 Å². The van der Waals surface area contributed by atoms with E-state index in [4.69, 9.17) is 10.5 Å². The predicted molar refractivity (Wildman–Crippen MR) is 73.2 cm³/mol. The normalized spacial score (nSPS) is 19.1. The van der Waals surface area contributed by atoms with Gasteiger partial charge in [-0.1, -0.05) is 0 Å². The highest BCUT2D eigenvalue weighted by atomic mass is 16.5. The lowest BCUT2D eigenvalue weighted by atomic mass is 9.73. The lowest BCUT2D eigenvalue weighted by molar-refractivity contribution is -0.145. The number of rotatable bonds is 4. The van der Waals surface area contributed by atoms with Gasteiger partial charge in [0.1, 0.15) is 0 Å². The van der Waals surface area contributed by atoms with Crippen molar-refractivity contribution < 1.29 is 9.53 Å². The third-order valence-electron chi connectivity index (χ3n) is 4.45. The minimum atomic E-state index is -0.527. The van der Waals surface area contributed by atoms with E-state index in [1.807, 2.05) is 32.6 Å². The zero-order chi connectivity index (χ0) is 14.0. The van der Waals surface area contributed by atoms with Crippen molar-refractivity contribution in [2.45, 2.75) is 46.1 Å². The topological polar surface area (TPSA) is 55.6 Å². The number of hydrogen-bond acceptors (Lipinski definition) is 3. The molecule has 0 aliphatic carbocycles. The van der Waals surface area contributed by atoms with E-state index >= 15 is 0 Å². The van der Waals surface area contributed by atoms with E-state index in [1.54, 1.807) is 7.11 Å². The standard InChI is InChI=1S/C14H28N2O2/c1-13(2,14(3,4)15)12(17)16-8-6-11(7-9-16)10-18-5/h11H,6-10,15H2,1-5H3. The minimum Gasteiger partial charge on any atom is -0.384 e. The van der Waals surface area contributed by atoms with Crippen LogP contribution >= 0.6 is 0 Å². The first-order chi connectivity index (χ1) is 8.20. The van der Waals surface area contributed by atoms with Crippen molar-refractivity contribution in [3.63, 3.8) is 0 Å². The molecule has 0 radical (unpaired) electrons. The Labute approximate surface area is 111 Å². The second kappa shape index (κ2) is 5.57. The first-order valence-corrected chi connectivity index (χ1v) is 6.77. The Balaban J connectivity index is 2.60. The smallest absolute Gasteiger partial charge is 0.230 e. The first kappa shape index (κ1) is 15.4. The summed E-state index contributed by atoms with van der Waals surface area (Å²) in [6.45, 7) is 10.2. The van der Waals surface area contributed by atoms with Gasteiger partial charge in [0.05, 0.1) is 5.41 Å². The Morgan fingerprint density at radius 1 is 1.28 bits per heavy atom. The van der Waals surface area contributed by atoms with Crippen LogP contribution in [-0.4, -0.2) is 43.2 Å². The maximum absolute atomic E-state index is 12.5. The average molecular weight is 256 g/mol. The molecule has 1 heterocycles.